The third-order valence-corrected chi connectivity index (χ3v) is 3.25. The molecule has 0 atom stereocenters. The smallest absolute Gasteiger partial charge is 0.306 e. The average molecular weight is 301 g/mol. The highest BCUT2D eigenvalue weighted by atomic mass is 19.3. The fraction of sp³-hybridized carbons (Fsp3) is 0.600. The highest BCUT2D eigenvalue weighted by molar-refractivity contribution is 5.70. The predicted molar refractivity (Wildman–Crippen MR) is 74.4 cm³/mol. The van der Waals surface area contributed by atoms with Crippen LogP contribution in [0, 0.1) is 0 Å². The first-order chi connectivity index (χ1) is 9.70. The Bertz CT molecular complexity index is 490. The zero-order valence-electron chi connectivity index (χ0n) is 12.8. The Hall–Kier alpha value is -1.72. The maximum atomic E-state index is 14.1. The number of alkyl halides is 2. The Morgan fingerprint density at radius 2 is 2.05 bits per heavy atom. The number of nitrogens with zero attached hydrogens (tertiary/aromatic N) is 1. The van der Waals surface area contributed by atoms with E-state index in [-0.39, 0.29) is 17.9 Å². The number of hydrogen-bond donors (Lipinski definition) is 0. The van der Waals surface area contributed by atoms with Crippen molar-refractivity contribution in [3.05, 3.63) is 23.9 Å². The molecule has 0 bridgehead atoms. The van der Waals surface area contributed by atoms with Gasteiger partial charge >= 0.3 is 5.97 Å². The average Bonchev–Trinajstić information content (AvgIpc) is 2.45. The first-order valence-electron chi connectivity index (χ1n) is 6.80. The number of aromatic nitrogens is 1. The third kappa shape index (κ3) is 5.28. The van der Waals surface area contributed by atoms with E-state index in [1.165, 1.54) is 25.4 Å². The van der Waals surface area contributed by atoms with E-state index in [4.69, 9.17) is 9.47 Å². The lowest BCUT2D eigenvalue weighted by molar-refractivity contribution is -0.159. The Kier molecular flexibility index (Phi) is 5.63. The van der Waals surface area contributed by atoms with Crippen LogP contribution in [0.4, 0.5) is 8.78 Å². The Labute approximate surface area is 123 Å². The number of carbonyl (C=O) groups excluding carboxylic acids is 1. The summed E-state index contributed by atoms with van der Waals surface area (Å²) < 4.78 is 38.1. The van der Waals surface area contributed by atoms with E-state index in [1.807, 2.05) is 6.92 Å². The van der Waals surface area contributed by atoms with Gasteiger partial charge in [-0.2, -0.15) is 0 Å². The first-order valence-corrected chi connectivity index (χ1v) is 6.80. The van der Waals surface area contributed by atoms with Crippen LogP contribution in [0.2, 0.25) is 0 Å². The van der Waals surface area contributed by atoms with Gasteiger partial charge in [-0.15, -0.1) is 0 Å². The highest BCUT2D eigenvalue weighted by Gasteiger charge is 2.33. The molecule has 0 aromatic carbocycles. The second-order valence-electron chi connectivity index (χ2n) is 5.38. The topological polar surface area (TPSA) is 48.4 Å². The lowest BCUT2D eigenvalue weighted by atomic mass is 10.0. The van der Waals surface area contributed by atoms with Gasteiger partial charge in [-0.3, -0.25) is 4.79 Å². The molecule has 0 saturated heterocycles. The largest absolute Gasteiger partial charge is 0.481 e. The van der Waals surface area contributed by atoms with Crippen molar-refractivity contribution in [2.45, 2.75) is 51.6 Å². The van der Waals surface area contributed by atoms with E-state index in [1.54, 1.807) is 13.8 Å². The van der Waals surface area contributed by atoms with Gasteiger partial charge in [0.05, 0.1) is 13.5 Å². The number of pyridine rings is 1. The molecule has 0 amide bonds. The zero-order chi connectivity index (χ0) is 16.1. The molecule has 118 valence electrons. The molecule has 0 aliphatic rings. The summed E-state index contributed by atoms with van der Waals surface area (Å²) in [5.74, 6) is -3.64. The number of ether oxygens (including phenoxy) is 2. The third-order valence-electron chi connectivity index (χ3n) is 3.25. The second-order valence-corrected chi connectivity index (χ2v) is 5.38. The normalized spacial score (nSPS) is 12.1. The van der Waals surface area contributed by atoms with Gasteiger partial charge in [0.2, 0.25) is 5.88 Å². The van der Waals surface area contributed by atoms with Gasteiger partial charge in [-0.25, -0.2) is 13.8 Å². The molecule has 0 radical (unpaired) electrons. The molecule has 21 heavy (non-hydrogen) atoms. The van der Waals surface area contributed by atoms with Crippen LogP contribution in [0.3, 0.4) is 0 Å². The maximum Gasteiger partial charge on any atom is 0.306 e. The Balaban J connectivity index is 2.66. The van der Waals surface area contributed by atoms with Gasteiger partial charge in [-0.05, 0) is 26.3 Å². The van der Waals surface area contributed by atoms with Crippen molar-refractivity contribution in [2.24, 2.45) is 0 Å². The number of carbonyl (C=O) groups is 1. The van der Waals surface area contributed by atoms with Gasteiger partial charge in [-0.1, -0.05) is 6.92 Å². The summed E-state index contributed by atoms with van der Waals surface area (Å²) in [5, 5.41) is 0. The molecule has 1 rings (SSSR count). The highest BCUT2D eigenvalue weighted by Crippen LogP contribution is 2.34. The lowest BCUT2D eigenvalue weighted by Gasteiger charge is -2.24. The number of hydrogen-bond acceptors (Lipinski definition) is 4. The minimum absolute atomic E-state index is 0.113. The minimum atomic E-state index is -3.13. The summed E-state index contributed by atoms with van der Waals surface area (Å²) in [7, 11) is 1.36. The summed E-state index contributed by atoms with van der Waals surface area (Å²) >= 11 is 0. The summed E-state index contributed by atoms with van der Waals surface area (Å²) in [5.41, 5.74) is -0.858. The molecule has 0 aliphatic carbocycles. The van der Waals surface area contributed by atoms with Gasteiger partial charge in [0, 0.05) is 24.2 Å². The molecule has 1 aromatic rings. The number of methoxy groups -OCH3 is 1. The molecule has 6 heteroatoms. The second kappa shape index (κ2) is 6.83. The van der Waals surface area contributed by atoms with Crippen molar-refractivity contribution < 1.29 is 23.0 Å². The van der Waals surface area contributed by atoms with Crippen LogP contribution in [-0.2, 0) is 15.5 Å². The Morgan fingerprint density at radius 1 is 1.38 bits per heavy atom. The van der Waals surface area contributed by atoms with Gasteiger partial charge in [0.25, 0.3) is 5.92 Å². The fourth-order valence-corrected chi connectivity index (χ4v) is 1.58. The van der Waals surface area contributed by atoms with Crippen molar-refractivity contribution in [3.8, 4) is 5.88 Å². The summed E-state index contributed by atoms with van der Waals surface area (Å²) in [6.07, 6.45) is 0.914. The van der Waals surface area contributed by atoms with Crippen LogP contribution in [0.1, 0.15) is 45.6 Å². The molecular formula is C15H21F2NO3. The van der Waals surface area contributed by atoms with E-state index < -0.39 is 23.9 Å². The van der Waals surface area contributed by atoms with Crippen LogP contribution in [0.25, 0.3) is 0 Å². The van der Waals surface area contributed by atoms with Crippen molar-refractivity contribution in [1.29, 1.82) is 0 Å². The molecule has 1 heterocycles. The van der Waals surface area contributed by atoms with Crippen molar-refractivity contribution >= 4 is 5.97 Å². The minimum Gasteiger partial charge on any atom is -0.481 e. The van der Waals surface area contributed by atoms with Crippen molar-refractivity contribution in [3.63, 3.8) is 0 Å². The quantitative estimate of drug-likeness (QED) is 0.721. The van der Waals surface area contributed by atoms with E-state index in [0.29, 0.717) is 6.42 Å². The molecule has 0 fully saturated rings. The number of halogens is 2. The van der Waals surface area contributed by atoms with Crippen LogP contribution >= 0.6 is 0 Å². The number of rotatable bonds is 7. The van der Waals surface area contributed by atoms with Gasteiger partial charge < -0.3 is 9.47 Å². The zero-order valence-corrected chi connectivity index (χ0v) is 12.8. The molecule has 4 nitrogen and oxygen atoms in total. The van der Waals surface area contributed by atoms with Crippen LogP contribution < -0.4 is 4.74 Å². The molecule has 0 spiro atoms. The molecular weight excluding hydrogens is 280 g/mol. The fourth-order valence-electron chi connectivity index (χ4n) is 1.58. The van der Waals surface area contributed by atoms with Crippen molar-refractivity contribution in [2.75, 3.05) is 7.11 Å². The van der Waals surface area contributed by atoms with Gasteiger partial charge in [0.15, 0.2) is 0 Å². The molecule has 0 unspecified atom stereocenters. The standard InChI is InChI=1S/C15H21F2NO3/c1-5-14(2,3)21-13(19)6-8-15(16,17)11-7-9-18-12(10-11)20-4/h7,9-10H,5-6,8H2,1-4H3. The number of esters is 1. The van der Waals surface area contributed by atoms with Crippen LogP contribution in [0.5, 0.6) is 5.88 Å². The monoisotopic (exact) mass is 301 g/mol. The summed E-state index contributed by atoms with van der Waals surface area (Å²) in [6.45, 7) is 5.36. The Morgan fingerprint density at radius 3 is 2.62 bits per heavy atom. The molecule has 0 aliphatic heterocycles. The maximum absolute atomic E-state index is 14.1. The summed E-state index contributed by atoms with van der Waals surface area (Å²) in [6, 6.07) is 2.38. The van der Waals surface area contributed by atoms with E-state index in [9.17, 15) is 13.6 Å². The van der Waals surface area contributed by atoms with Crippen LogP contribution in [0.15, 0.2) is 18.3 Å². The predicted octanol–water partition coefficient (Wildman–Crippen LogP) is 3.69. The summed E-state index contributed by atoms with van der Waals surface area (Å²) in [4.78, 5) is 15.4. The van der Waals surface area contributed by atoms with E-state index in [0.717, 1.165) is 0 Å². The van der Waals surface area contributed by atoms with E-state index in [2.05, 4.69) is 4.98 Å². The molecule has 1 aromatic heterocycles. The van der Waals surface area contributed by atoms with E-state index >= 15 is 0 Å². The SMILES string of the molecule is CCC(C)(C)OC(=O)CCC(F)(F)c1ccnc(OC)c1. The van der Waals surface area contributed by atoms with Crippen molar-refractivity contribution in [1.82, 2.24) is 4.98 Å². The first kappa shape index (κ1) is 17.3. The van der Waals surface area contributed by atoms with Crippen LogP contribution in [-0.4, -0.2) is 23.7 Å². The van der Waals surface area contributed by atoms with Gasteiger partial charge in [0.1, 0.15) is 5.60 Å². The molecule has 0 N–H and O–H groups in total. The lowest BCUT2D eigenvalue weighted by Crippen LogP contribution is -2.28. The molecule has 0 saturated carbocycles.